The van der Waals surface area contributed by atoms with Crippen LogP contribution in [0.1, 0.15) is 27.7 Å². The van der Waals surface area contributed by atoms with Crippen LogP contribution in [0.3, 0.4) is 0 Å². The zero-order valence-electron chi connectivity index (χ0n) is 9.94. The van der Waals surface area contributed by atoms with Gasteiger partial charge in [0.1, 0.15) is 0 Å². The van der Waals surface area contributed by atoms with E-state index in [0.29, 0.717) is 5.54 Å². The summed E-state index contributed by atoms with van der Waals surface area (Å²) in [6.07, 6.45) is 0. The van der Waals surface area contributed by atoms with E-state index in [2.05, 4.69) is 56.3 Å². The minimum Gasteiger partial charge on any atom is -0.316 e. The maximum Gasteiger partial charge on any atom is 0.286 e. The summed E-state index contributed by atoms with van der Waals surface area (Å²) in [6.45, 7) is 11.3. The summed E-state index contributed by atoms with van der Waals surface area (Å²) in [4.78, 5) is 7.04. The summed E-state index contributed by atoms with van der Waals surface area (Å²) in [5, 5.41) is 0. The van der Waals surface area contributed by atoms with Gasteiger partial charge in [-0.05, 0) is 32.7 Å². The van der Waals surface area contributed by atoms with Gasteiger partial charge in [0.25, 0.3) is 8.56 Å². The second-order valence-corrected chi connectivity index (χ2v) is 7.91. The fraction of sp³-hybridized carbons (Fsp3) is 1.00. The Morgan fingerprint density at radius 3 is 1.54 bits per heavy atom. The Hall–Kier alpha value is 0.0969. The molecule has 0 heterocycles. The highest BCUT2D eigenvalue weighted by Gasteiger charge is 2.39. The van der Waals surface area contributed by atoms with E-state index < -0.39 is 8.56 Å². The van der Waals surface area contributed by atoms with Crippen LogP contribution in [0.2, 0.25) is 5.54 Å². The van der Waals surface area contributed by atoms with Crippen molar-refractivity contribution < 1.29 is 0 Å². The first kappa shape index (κ1) is 13.1. The molecule has 0 unspecified atom stereocenters. The quantitative estimate of drug-likeness (QED) is 0.634. The van der Waals surface area contributed by atoms with Crippen molar-refractivity contribution in [2.45, 2.75) is 33.2 Å². The average Bonchev–Trinajstić information content (AvgIpc) is 2.13. The van der Waals surface area contributed by atoms with Crippen molar-refractivity contribution in [1.29, 1.82) is 0 Å². The minimum atomic E-state index is -1.62. The fourth-order valence-electron chi connectivity index (χ4n) is 2.11. The normalized spacial score (nSPS) is 12.9. The molecule has 3 nitrogen and oxygen atoms in total. The number of hydrogen-bond donors (Lipinski definition) is 2. The molecule has 0 fully saturated rings. The van der Waals surface area contributed by atoms with Crippen molar-refractivity contribution in [2.24, 2.45) is 0 Å². The molecule has 4 heteroatoms. The third-order valence-corrected chi connectivity index (χ3v) is 7.69. The molecule has 80 valence electrons. The van der Waals surface area contributed by atoms with Crippen LogP contribution in [0.5, 0.6) is 0 Å². The molecule has 0 rings (SSSR count). The molecule has 0 aromatic rings. The fourth-order valence-corrected chi connectivity index (χ4v) is 5.87. The summed E-state index contributed by atoms with van der Waals surface area (Å²) in [5.74, 6) is 0. The lowest BCUT2D eigenvalue weighted by Crippen LogP contribution is -2.73. The molecule has 0 saturated heterocycles. The van der Waals surface area contributed by atoms with Gasteiger partial charge >= 0.3 is 0 Å². The van der Waals surface area contributed by atoms with E-state index in [9.17, 15) is 0 Å². The second kappa shape index (κ2) is 5.75. The predicted octanol–water partition coefficient (Wildman–Crippen LogP) is 1.12. The van der Waals surface area contributed by atoms with Gasteiger partial charge in [0, 0.05) is 0 Å². The predicted molar refractivity (Wildman–Crippen MR) is 61.9 cm³/mol. The third kappa shape index (κ3) is 2.53. The van der Waals surface area contributed by atoms with E-state index in [4.69, 9.17) is 0 Å². The molecule has 0 bridgehead atoms. The SMILES string of the molecule is CCN(CC)[Si](NC)(NC)C(C)C. The molecule has 0 aliphatic heterocycles. The van der Waals surface area contributed by atoms with Crippen LogP contribution in [-0.2, 0) is 0 Å². The Bertz CT molecular complexity index is 131. The highest BCUT2D eigenvalue weighted by Crippen LogP contribution is 2.18. The smallest absolute Gasteiger partial charge is 0.286 e. The first-order valence-corrected chi connectivity index (χ1v) is 7.24. The van der Waals surface area contributed by atoms with Crippen molar-refractivity contribution in [1.82, 2.24) is 14.5 Å². The summed E-state index contributed by atoms with van der Waals surface area (Å²) < 4.78 is 2.54. The molecule has 13 heavy (non-hydrogen) atoms. The molecule has 0 aliphatic carbocycles. The van der Waals surface area contributed by atoms with Gasteiger partial charge in [0.15, 0.2) is 0 Å². The van der Waals surface area contributed by atoms with Gasteiger partial charge in [-0.2, -0.15) is 0 Å². The number of nitrogens with one attached hydrogen (secondary N) is 2. The topological polar surface area (TPSA) is 27.3 Å². The maximum atomic E-state index is 3.52. The Morgan fingerprint density at radius 1 is 1.08 bits per heavy atom. The third-order valence-electron chi connectivity index (χ3n) is 2.86. The summed E-state index contributed by atoms with van der Waals surface area (Å²) in [5.41, 5.74) is 0.669. The minimum absolute atomic E-state index is 0.669. The van der Waals surface area contributed by atoms with Crippen molar-refractivity contribution in [2.75, 3.05) is 27.2 Å². The molecule has 0 aromatic carbocycles. The van der Waals surface area contributed by atoms with Crippen LogP contribution in [0.25, 0.3) is 0 Å². The lowest BCUT2D eigenvalue weighted by atomic mass is 10.6. The second-order valence-electron chi connectivity index (χ2n) is 3.59. The maximum absolute atomic E-state index is 3.52. The Kier molecular flexibility index (Phi) is 5.79. The van der Waals surface area contributed by atoms with E-state index in [0.717, 1.165) is 13.1 Å². The van der Waals surface area contributed by atoms with E-state index in [1.165, 1.54) is 0 Å². The van der Waals surface area contributed by atoms with Crippen molar-refractivity contribution in [3.05, 3.63) is 0 Å². The van der Waals surface area contributed by atoms with E-state index in [-0.39, 0.29) is 0 Å². The molecule has 0 aromatic heterocycles. The van der Waals surface area contributed by atoms with Gasteiger partial charge in [-0.1, -0.05) is 27.7 Å². The first-order chi connectivity index (χ1) is 6.08. The Morgan fingerprint density at radius 2 is 1.46 bits per heavy atom. The van der Waals surface area contributed by atoms with Gasteiger partial charge in [-0.3, -0.25) is 0 Å². The average molecular weight is 203 g/mol. The first-order valence-electron chi connectivity index (χ1n) is 5.21. The van der Waals surface area contributed by atoms with Gasteiger partial charge < -0.3 is 14.5 Å². The zero-order valence-corrected chi connectivity index (χ0v) is 10.9. The van der Waals surface area contributed by atoms with Crippen molar-refractivity contribution in [3.8, 4) is 0 Å². The highest BCUT2D eigenvalue weighted by atomic mass is 28.4. The summed E-state index contributed by atoms with van der Waals surface area (Å²) >= 11 is 0. The van der Waals surface area contributed by atoms with Crippen LogP contribution in [0.4, 0.5) is 0 Å². The monoisotopic (exact) mass is 203 g/mol. The van der Waals surface area contributed by atoms with E-state index >= 15 is 0 Å². The molecule has 0 amide bonds. The van der Waals surface area contributed by atoms with E-state index in [1.807, 2.05) is 0 Å². The van der Waals surface area contributed by atoms with E-state index in [1.54, 1.807) is 0 Å². The molecule has 0 radical (unpaired) electrons. The molecular formula is C9H25N3Si. The van der Waals surface area contributed by atoms with Gasteiger partial charge in [-0.15, -0.1) is 0 Å². The highest BCUT2D eigenvalue weighted by molar-refractivity contribution is 6.73. The van der Waals surface area contributed by atoms with Crippen LogP contribution in [-0.4, -0.2) is 40.3 Å². The Labute approximate surface area is 84.1 Å². The molecular weight excluding hydrogens is 178 g/mol. The van der Waals surface area contributed by atoms with Crippen LogP contribution in [0, 0.1) is 0 Å². The molecule has 0 aliphatic rings. The van der Waals surface area contributed by atoms with Gasteiger partial charge in [0.05, 0.1) is 0 Å². The van der Waals surface area contributed by atoms with Crippen LogP contribution < -0.4 is 9.96 Å². The van der Waals surface area contributed by atoms with Gasteiger partial charge in [0.2, 0.25) is 0 Å². The zero-order chi connectivity index (χ0) is 10.5. The van der Waals surface area contributed by atoms with Crippen molar-refractivity contribution >= 4 is 8.56 Å². The summed E-state index contributed by atoms with van der Waals surface area (Å²) in [7, 11) is 2.52. The Balaban J connectivity index is 4.71. The van der Waals surface area contributed by atoms with Crippen LogP contribution in [0.15, 0.2) is 0 Å². The molecule has 0 atom stereocenters. The van der Waals surface area contributed by atoms with Gasteiger partial charge in [-0.25, -0.2) is 0 Å². The van der Waals surface area contributed by atoms with Crippen molar-refractivity contribution in [3.63, 3.8) is 0 Å². The standard InChI is InChI=1S/C9H25N3Si/c1-7-12(8-2)13(10-5,11-6)9(3)4/h9-11H,7-8H2,1-6H3. The number of rotatable bonds is 6. The summed E-state index contributed by atoms with van der Waals surface area (Å²) in [6, 6.07) is 0. The molecule has 2 N–H and O–H groups in total. The number of hydrogen-bond acceptors (Lipinski definition) is 3. The molecule has 0 spiro atoms. The lowest BCUT2D eigenvalue weighted by Gasteiger charge is -2.42. The van der Waals surface area contributed by atoms with Crippen LogP contribution >= 0.6 is 0 Å². The largest absolute Gasteiger partial charge is 0.316 e. The number of nitrogens with zero attached hydrogens (tertiary/aromatic N) is 1. The lowest BCUT2D eigenvalue weighted by molar-refractivity contribution is 0.427. The molecule has 0 saturated carbocycles.